The number of nitrogens with one attached hydrogen (secondary N) is 1. The smallest absolute Gasteiger partial charge is 0.416 e. The van der Waals surface area contributed by atoms with E-state index in [-0.39, 0.29) is 0 Å². The Morgan fingerprint density at radius 2 is 1.45 bits per heavy atom. The molecule has 11 nitrogen and oxygen atoms in total. The number of nitrogens with zero attached hydrogens (tertiary/aromatic N) is 2. The van der Waals surface area contributed by atoms with Crippen LogP contribution in [0.4, 0.5) is 27.7 Å². The summed E-state index contributed by atoms with van der Waals surface area (Å²) in [6, 6.07) is 29.0. The van der Waals surface area contributed by atoms with Crippen molar-refractivity contribution >= 4 is 39.7 Å². The topological polar surface area (TPSA) is 121 Å². The van der Waals surface area contributed by atoms with Gasteiger partial charge in [0.2, 0.25) is 0 Å². The Morgan fingerprint density at radius 1 is 0.745 bits per heavy atom. The Morgan fingerprint density at radius 3 is 2.19 bits per heavy atom. The molecular formula is C36H37N3O8. The van der Waals surface area contributed by atoms with E-state index in [0.29, 0.717) is 85.5 Å². The van der Waals surface area contributed by atoms with Crippen LogP contribution in [0.15, 0.2) is 103 Å². The van der Waals surface area contributed by atoms with E-state index < -0.39 is 6.09 Å². The molecule has 11 heteroatoms. The molecule has 1 heterocycles. The predicted molar refractivity (Wildman–Crippen MR) is 180 cm³/mol. The molecule has 0 bridgehead atoms. The number of methoxy groups -OCH3 is 2. The molecule has 244 valence electrons. The first-order valence-electron chi connectivity index (χ1n) is 15.0. The standard InChI is InChI=1S/C36H37N3O8/c1-42-16-17-44-18-19-45-20-21-46-30-23-26(22-29(24-30)43-2)38-35-25-28(14-15-37-35)47-34-13-12-33(31-10-6-7-11-32(31)34)39(36(40)41)27-8-4-3-5-9-27/h3-15,22-25H,16-21H2,1-2H3,(H,37,38)(H,40,41). The summed E-state index contributed by atoms with van der Waals surface area (Å²) in [6.07, 6.45) is 0.558. The molecule has 0 unspecified atom stereocenters. The van der Waals surface area contributed by atoms with Gasteiger partial charge >= 0.3 is 6.09 Å². The quantitative estimate of drug-likeness (QED) is 0.0982. The van der Waals surface area contributed by atoms with Crippen molar-refractivity contribution in [3.8, 4) is 23.0 Å². The van der Waals surface area contributed by atoms with Crippen LogP contribution in [0.25, 0.3) is 10.8 Å². The maximum Gasteiger partial charge on any atom is 0.416 e. The molecule has 5 aromatic rings. The van der Waals surface area contributed by atoms with Crippen molar-refractivity contribution in [1.29, 1.82) is 0 Å². The largest absolute Gasteiger partial charge is 0.497 e. The van der Waals surface area contributed by atoms with E-state index in [2.05, 4.69) is 10.3 Å². The first-order chi connectivity index (χ1) is 23.1. The zero-order valence-corrected chi connectivity index (χ0v) is 26.3. The maximum atomic E-state index is 12.3. The summed E-state index contributed by atoms with van der Waals surface area (Å²) in [5, 5.41) is 14.9. The number of pyridine rings is 1. The van der Waals surface area contributed by atoms with Gasteiger partial charge < -0.3 is 38.8 Å². The van der Waals surface area contributed by atoms with Gasteiger partial charge in [-0.2, -0.15) is 0 Å². The number of carboxylic acid groups (broad SMARTS) is 1. The molecule has 0 aliphatic rings. The molecule has 0 fully saturated rings. The molecule has 1 amide bonds. The summed E-state index contributed by atoms with van der Waals surface area (Å²) in [6.45, 7) is 2.81. The summed E-state index contributed by atoms with van der Waals surface area (Å²) in [4.78, 5) is 18.1. The SMILES string of the molecule is COCCOCCOCCOc1cc(Nc2cc(Oc3ccc(N(C(=O)O)c4ccccc4)c4ccccc34)ccn2)cc(OC)c1. The van der Waals surface area contributed by atoms with Crippen molar-refractivity contribution in [3.05, 3.63) is 103 Å². The lowest BCUT2D eigenvalue weighted by molar-refractivity contribution is 0.0179. The lowest BCUT2D eigenvalue weighted by atomic mass is 10.1. The summed E-state index contributed by atoms with van der Waals surface area (Å²) >= 11 is 0. The molecule has 0 aliphatic heterocycles. The fraction of sp³-hybridized carbons (Fsp3) is 0.222. The molecule has 47 heavy (non-hydrogen) atoms. The zero-order chi connectivity index (χ0) is 32.8. The number of benzene rings is 4. The highest BCUT2D eigenvalue weighted by molar-refractivity contribution is 6.07. The molecule has 4 aromatic carbocycles. The number of hydrogen-bond donors (Lipinski definition) is 2. The second kappa shape index (κ2) is 16.8. The van der Waals surface area contributed by atoms with E-state index in [1.54, 1.807) is 75.0 Å². The van der Waals surface area contributed by atoms with E-state index in [1.165, 1.54) is 4.90 Å². The van der Waals surface area contributed by atoms with Crippen LogP contribution >= 0.6 is 0 Å². The third-order valence-electron chi connectivity index (χ3n) is 6.96. The van der Waals surface area contributed by atoms with Gasteiger partial charge in [0.1, 0.15) is 35.4 Å². The highest BCUT2D eigenvalue weighted by Crippen LogP contribution is 2.39. The average molecular weight is 640 g/mol. The van der Waals surface area contributed by atoms with Crippen LogP contribution < -0.4 is 24.4 Å². The number of aromatic nitrogens is 1. The van der Waals surface area contributed by atoms with Gasteiger partial charge in [-0.15, -0.1) is 0 Å². The second-order valence-corrected chi connectivity index (χ2v) is 10.1. The maximum absolute atomic E-state index is 12.3. The van der Waals surface area contributed by atoms with Gasteiger partial charge in [-0.3, -0.25) is 0 Å². The predicted octanol–water partition coefficient (Wildman–Crippen LogP) is 7.65. The van der Waals surface area contributed by atoms with Gasteiger partial charge in [-0.1, -0.05) is 42.5 Å². The summed E-state index contributed by atoms with van der Waals surface area (Å²) in [7, 11) is 3.22. The van der Waals surface area contributed by atoms with Crippen LogP contribution in [-0.4, -0.2) is 70.0 Å². The van der Waals surface area contributed by atoms with Gasteiger partial charge in [0.05, 0.1) is 51.5 Å². The Hall–Kier alpha value is -5.36. The molecule has 0 aliphatic carbocycles. The number of hydrogen-bond acceptors (Lipinski definition) is 9. The molecule has 0 atom stereocenters. The lowest BCUT2D eigenvalue weighted by Crippen LogP contribution is -2.23. The van der Waals surface area contributed by atoms with Gasteiger partial charge in [0, 0.05) is 54.0 Å². The summed E-state index contributed by atoms with van der Waals surface area (Å²) in [5.41, 5.74) is 1.78. The number of fused-ring (bicyclic) bond motifs is 1. The van der Waals surface area contributed by atoms with Gasteiger partial charge in [-0.25, -0.2) is 14.7 Å². The Balaban J connectivity index is 1.27. The minimum Gasteiger partial charge on any atom is -0.497 e. The minimum absolute atomic E-state index is 0.356. The first-order valence-corrected chi connectivity index (χ1v) is 15.0. The van der Waals surface area contributed by atoms with Gasteiger partial charge in [0.25, 0.3) is 0 Å². The van der Waals surface area contributed by atoms with E-state index in [4.69, 9.17) is 28.4 Å². The number of carbonyl (C=O) groups is 1. The summed E-state index contributed by atoms with van der Waals surface area (Å²) < 4.78 is 33.6. The molecule has 1 aromatic heterocycles. The number of anilines is 4. The van der Waals surface area contributed by atoms with Crippen molar-refractivity contribution in [2.24, 2.45) is 0 Å². The fourth-order valence-corrected chi connectivity index (χ4v) is 4.81. The van der Waals surface area contributed by atoms with Crippen LogP contribution in [0.5, 0.6) is 23.0 Å². The molecule has 0 saturated carbocycles. The molecule has 0 spiro atoms. The van der Waals surface area contributed by atoms with E-state index in [0.717, 1.165) is 10.8 Å². The number of rotatable bonds is 17. The fourth-order valence-electron chi connectivity index (χ4n) is 4.81. The third kappa shape index (κ3) is 9.10. The van der Waals surface area contributed by atoms with Crippen molar-refractivity contribution in [3.63, 3.8) is 0 Å². The second-order valence-electron chi connectivity index (χ2n) is 10.1. The number of para-hydroxylation sites is 1. The highest BCUT2D eigenvalue weighted by Gasteiger charge is 2.20. The molecule has 2 N–H and O–H groups in total. The van der Waals surface area contributed by atoms with E-state index in [1.807, 2.05) is 42.5 Å². The van der Waals surface area contributed by atoms with Crippen LogP contribution in [0.3, 0.4) is 0 Å². The van der Waals surface area contributed by atoms with Crippen molar-refractivity contribution in [1.82, 2.24) is 4.98 Å². The van der Waals surface area contributed by atoms with Crippen molar-refractivity contribution in [2.45, 2.75) is 0 Å². The van der Waals surface area contributed by atoms with Crippen LogP contribution in [0.1, 0.15) is 0 Å². The Kier molecular flexibility index (Phi) is 11.8. The summed E-state index contributed by atoms with van der Waals surface area (Å²) in [5.74, 6) is 2.88. The third-order valence-corrected chi connectivity index (χ3v) is 6.96. The van der Waals surface area contributed by atoms with E-state index in [9.17, 15) is 9.90 Å². The molecule has 0 saturated heterocycles. The van der Waals surface area contributed by atoms with Crippen molar-refractivity contribution < 1.29 is 38.3 Å². The highest BCUT2D eigenvalue weighted by atomic mass is 16.6. The minimum atomic E-state index is -1.08. The number of amides is 1. The molecular weight excluding hydrogens is 602 g/mol. The van der Waals surface area contributed by atoms with Crippen LogP contribution in [-0.2, 0) is 14.2 Å². The van der Waals surface area contributed by atoms with Crippen molar-refractivity contribution in [2.75, 3.05) is 64.1 Å². The van der Waals surface area contributed by atoms with Gasteiger partial charge in [-0.05, 0) is 30.3 Å². The first kappa shape index (κ1) is 33.0. The van der Waals surface area contributed by atoms with Gasteiger partial charge in [0.15, 0.2) is 0 Å². The monoisotopic (exact) mass is 639 g/mol. The van der Waals surface area contributed by atoms with Crippen LogP contribution in [0.2, 0.25) is 0 Å². The average Bonchev–Trinajstić information content (AvgIpc) is 3.09. The van der Waals surface area contributed by atoms with Crippen LogP contribution in [0, 0.1) is 0 Å². The normalized spacial score (nSPS) is 10.9. The Bertz CT molecular complexity index is 1750. The Labute approximate surface area is 273 Å². The number of ether oxygens (including phenoxy) is 6. The molecule has 0 radical (unpaired) electrons. The molecule has 5 rings (SSSR count). The zero-order valence-electron chi connectivity index (χ0n) is 26.3. The van der Waals surface area contributed by atoms with E-state index >= 15 is 0 Å². The lowest BCUT2D eigenvalue weighted by Gasteiger charge is -2.22.